The average Bonchev–Trinajstić information content (AvgIpc) is 3.12. The van der Waals surface area contributed by atoms with Crippen LogP contribution in [0.4, 0.5) is 16.3 Å². The quantitative estimate of drug-likeness (QED) is 0.769. The molecule has 8 nitrogen and oxygen atoms in total. The predicted octanol–water partition coefficient (Wildman–Crippen LogP) is 2.42. The van der Waals surface area contributed by atoms with Crippen molar-refractivity contribution in [3.8, 4) is 11.3 Å². The summed E-state index contributed by atoms with van der Waals surface area (Å²) in [5.41, 5.74) is 5.34. The van der Waals surface area contributed by atoms with Crippen molar-refractivity contribution in [1.82, 2.24) is 15.5 Å². The van der Waals surface area contributed by atoms with E-state index in [1.807, 2.05) is 18.2 Å². The van der Waals surface area contributed by atoms with Crippen LogP contribution < -0.4 is 15.5 Å². The molecule has 27 heavy (non-hydrogen) atoms. The van der Waals surface area contributed by atoms with Gasteiger partial charge in [-0.2, -0.15) is 5.10 Å². The van der Waals surface area contributed by atoms with Gasteiger partial charge in [-0.3, -0.25) is 14.8 Å². The molecule has 1 aromatic heterocycles. The highest BCUT2D eigenvalue weighted by Crippen LogP contribution is 2.36. The van der Waals surface area contributed by atoms with Crippen molar-refractivity contribution in [3.63, 3.8) is 0 Å². The molecule has 2 heterocycles. The summed E-state index contributed by atoms with van der Waals surface area (Å²) in [6.45, 7) is 4.59. The van der Waals surface area contributed by atoms with E-state index >= 15 is 0 Å². The molecule has 0 bridgehead atoms. The van der Waals surface area contributed by atoms with Gasteiger partial charge in [0.25, 0.3) is 0 Å². The lowest BCUT2D eigenvalue weighted by atomic mass is 10.0. The number of amides is 2. The van der Waals surface area contributed by atoms with Gasteiger partial charge >= 0.3 is 6.09 Å². The van der Waals surface area contributed by atoms with Crippen molar-refractivity contribution in [3.05, 3.63) is 29.3 Å². The smallest absolute Gasteiger partial charge is 0.416 e. The van der Waals surface area contributed by atoms with Crippen LogP contribution in [0.3, 0.4) is 0 Å². The maximum Gasteiger partial charge on any atom is 0.416 e. The summed E-state index contributed by atoms with van der Waals surface area (Å²) in [6.07, 6.45) is 1.83. The molecule has 0 spiro atoms. The van der Waals surface area contributed by atoms with E-state index < -0.39 is 12.3 Å². The molecule has 1 saturated heterocycles. The van der Waals surface area contributed by atoms with Gasteiger partial charge in [-0.1, -0.05) is 6.07 Å². The number of rotatable bonds is 4. The molecule has 4 rings (SSSR count). The SMILES string of the molecule is CCNc1n[nH]c2c1CCCc1cc(N3C[C@H](NC(C)=O)OC3=O)ccc1-2. The molecule has 1 fully saturated rings. The van der Waals surface area contributed by atoms with Gasteiger partial charge in [0.1, 0.15) is 0 Å². The van der Waals surface area contributed by atoms with E-state index in [-0.39, 0.29) is 5.91 Å². The lowest BCUT2D eigenvalue weighted by Crippen LogP contribution is -2.36. The minimum Gasteiger partial charge on any atom is -0.423 e. The first kappa shape index (κ1) is 17.4. The number of benzene rings is 1. The summed E-state index contributed by atoms with van der Waals surface area (Å²) in [5.74, 6) is 0.700. The lowest BCUT2D eigenvalue weighted by Gasteiger charge is -2.16. The van der Waals surface area contributed by atoms with Crippen LogP contribution in [0.5, 0.6) is 0 Å². The van der Waals surface area contributed by atoms with E-state index in [0.717, 1.165) is 48.6 Å². The van der Waals surface area contributed by atoms with E-state index in [1.165, 1.54) is 18.1 Å². The van der Waals surface area contributed by atoms with E-state index in [0.29, 0.717) is 6.54 Å². The summed E-state index contributed by atoms with van der Waals surface area (Å²) < 4.78 is 5.23. The number of H-pyrrole nitrogens is 1. The van der Waals surface area contributed by atoms with Gasteiger partial charge in [-0.15, -0.1) is 0 Å². The number of anilines is 2. The van der Waals surface area contributed by atoms with Crippen LogP contribution in [-0.2, 0) is 22.4 Å². The largest absolute Gasteiger partial charge is 0.423 e. The fraction of sp³-hybridized carbons (Fsp3) is 0.421. The van der Waals surface area contributed by atoms with Crippen LogP contribution in [0.1, 0.15) is 31.4 Å². The number of hydrogen-bond donors (Lipinski definition) is 3. The molecule has 1 atom stereocenters. The van der Waals surface area contributed by atoms with Crippen LogP contribution >= 0.6 is 0 Å². The Balaban J connectivity index is 1.63. The Kier molecular flexibility index (Phi) is 4.47. The Morgan fingerprint density at radius 2 is 2.26 bits per heavy atom. The standard InChI is InChI=1S/C19H23N5O3/c1-3-20-18-15-6-4-5-12-9-13(7-8-14(12)17(15)22-23-18)24-10-16(21-11(2)25)27-19(24)26/h7-9,16H,3-6,10H2,1-2H3,(H,21,25)(H2,20,22,23)/t16-/m1/s1. The first-order valence-electron chi connectivity index (χ1n) is 9.26. The fourth-order valence-corrected chi connectivity index (χ4v) is 3.77. The second-order valence-electron chi connectivity index (χ2n) is 6.83. The van der Waals surface area contributed by atoms with Gasteiger partial charge < -0.3 is 15.4 Å². The van der Waals surface area contributed by atoms with Crippen LogP contribution in [0.15, 0.2) is 18.2 Å². The average molecular weight is 369 g/mol. The monoisotopic (exact) mass is 369 g/mol. The summed E-state index contributed by atoms with van der Waals surface area (Å²) in [7, 11) is 0. The molecule has 142 valence electrons. The third-order valence-corrected chi connectivity index (χ3v) is 4.93. The van der Waals surface area contributed by atoms with Crippen molar-refractivity contribution in [2.45, 2.75) is 39.3 Å². The molecule has 0 radical (unpaired) electrons. The second kappa shape index (κ2) is 6.94. The van der Waals surface area contributed by atoms with Gasteiger partial charge in [0.2, 0.25) is 5.91 Å². The topological polar surface area (TPSA) is 99.4 Å². The highest BCUT2D eigenvalue weighted by atomic mass is 16.6. The summed E-state index contributed by atoms with van der Waals surface area (Å²) >= 11 is 0. The normalized spacial score (nSPS) is 18.4. The first-order valence-corrected chi connectivity index (χ1v) is 9.26. The molecule has 1 aliphatic carbocycles. The van der Waals surface area contributed by atoms with Crippen molar-refractivity contribution < 1.29 is 14.3 Å². The van der Waals surface area contributed by atoms with Crippen LogP contribution in [0.2, 0.25) is 0 Å². The number of carbonyl (C=O) groups is 2. The molecule has 1 aromatic carbocycles. The minimum atomic E-state index is -0.615. The number of aryl methyl sites for hydroxylation is 1. The number of aromatic amines is 1. The Morgan fingerprint density at radius 1 is 1.41 bits per heavy atom. The third-order valence-electron chi connectivity index (χ3n) is 4.93. The number of carbonyl (C=O) groups excluding carboxylic acids is 2. The highest BCUT2D eigenvalue weighted by Gasteiger charge is 2.33. The molecular formula is C19H23N5O3. The van der Waals surface area contributed by atoms with Crippen LogP contribution in [0, 0.1) is 0 Å². The van der Waals surface area contributed by atoms with Crippen molar-refractivity contribution in [2.75, 3.05) is 23.3 Å². The fourth-order valence-electron chi connectivity index (χ4n) is 3.77. The minimum absolute atomic E-state index is 0.222. The molecule has 8 heteroatoms. The number of nitrogens with zero attached hydrogens (tertiary/aromatic N) is 2. The molecule has 1 aliphatic heterocycles. The van der Waals surface area contributed by atoms with Crippen molar-refractivity contribution in [1.29, 1.82) is 0 Å². The summed E-state index contributed by atoms with van der Waals surface area (Å²) in [6, 6.07) is 5.98. The number of ether oxygens (including phenoxy) is 1. The van der Waals surface area contributed by atoms with Gasteiger partial charge in [0.15, 0.2) is 12.0 Å². The molecular weight excluding hydrogens is 346 g/mol. The van der Waals surface area contributed by atoms with Gasteiger partial charge in [-0.25, -0.2) is 4.79 Å². The lowest BCUT2D eigenvalue weighted by molar-refractivity contribution is -0.121. The van der Waals surface area contributed by atoms with Crippen LogP contribution in [-0.4, -0.2) is 41.5 Å². The van der Waals surface area contributed by atoms with E-state index in [1.54, 1.807) is 4.90 Å². The summed E-state index contributed by atoms with van der Waals surface area (Å²) in [5, 5.41) is 13.5. The van der Waals surface area contributed by atoms with Gasteiger partial charge in [0.05, 0.1) is 12.2 Å². The van der Waals surface area contributed by atoms with Crippen molar-refractivity contribution >= 4 is 23.5 Å². The van der Waals surface area contributed by atoms with Gasteiger partial charge in [0, 0.05) is 30.3 Å². The van der Waals surface area contributed by atoms with Crippen molar-refractivity contribution in [2.24, 2.45) is 0 Å². The maximum atomic E-state index is 12.2. The number of hydrogen-bond acceptors (Lipinski definition) is 5. The molecule has 0 unspecified atom stereocenters. The Hall–Kier alpha value is -3.03. The highest BCUT2D eigenvalue weighted by molar-refractivity contribution is 5.91. The zero-order chi connectivity index (χ0) is 19.0. The number of cyclic esters (lactones) is 1. The van der Waals surface area contributed by atoms with E-state index in [4.69, 9.17) is 4.74 Å². The molecule has 2 amide bonds. The third kappa shape index (κ3) is 3.22. The predicted molar refractivity (Wildman–Crippen MR) is 102 cm³/mol. The van der Waals surface area contributed by atoms with E-state index in [9.17, 15) is 9.59 Å². The number of nitrogens with one attached hydrogen (secondary N) is 3. The van der Waals surface area contributed by atoms with Crippen LogP contribution in [0.25, 0.3) is 11.3 Å². The summed E-state index contributed by atoms with van der Waals surface area (Å²) in [4.78, 5) is 25.0. The van der Waals surface area contributed by atoms with Gasteiger partial charge in [-0.05, 0) is 43.9 Å². The first-order chi connectivity index (χ1) is 13.1. The zero-order valence-electron chi connectivity index (χ0n) is 15.5. The Labute approximate surface area is 157 Å². The van der Waals surface area contributed by atoms with E-state index in [2.05, 4.69) is 27.8 Å². The molecule has 2 aromatic rings. The molecule has 3 N–H and O–H groups in total. The maximum absolute atomic E-state index is 12.2. The second-order valence-corrected chi connectivity index (χ2v) is 6.83. The molecule has 2 aliphatic rings. The Morgan fingerprint density at radius 3 is 3.04 bits per heavy atom. The zero-order valence-corrected chi connectivity index (χ0v) is 15.5. The number of aromatic nitrogens is 2. The Bertz CT molecular complexity index is 891. The number of fused-ring (bicyclic) bond motifs is 3. The molecule has 0 saturated carbocycles.